The Morgan fingerprint density at radius 1 is 1.30 bits per heavy atom. The number of aldehydes is 1. The number of carbonyl (C=O) groups is 1. The van der Waals surface area contributed by atoms with Crippen LogP contribution in [0.3, 0.4) is 0 Å². The number of nitrogens with zero attached hydrogens (tertiary/aromatic N) is 1. The van der Waals surface area contributed by atoms with Gasteiger partial charge >= 0.3 is 0 Å². The van der Waals surface area contributed by atoms with Gasteiger partial charge in [-0.3, -0.25) is 0 Å². The van der Waals surface area contributed by atoms with Crippen molar-refractivity contribution in [3.63, 3.8) is 0 Å². The van der Waals surface area contributed by atoms with Gasteiger partial charge in [0, 0.05) is 17.4 Å². The van der Waals surface area contributed by atoms with Crippen molar-refractivity contribution in [3.8, 4) is 11.3 Å². The van der Waals surface area contributed by atoms with Gasteiger partial charge in [-0.05, 0) is 18.9 Å². The second-order valence-corrected chi connectivity index (χ2v) is 7.10. The summed E-state index contributed by atoms with van der Waals surface area (Å²) in [5, 5.41) is 3.92. The van der Waals surface area contributed by atoms with Gasteiger partial charge in [-0.2, -0.15) is 0 Å². The number of hydrogen-bond acceptors (Lipinski definition) is 5. The van der Waals surface area contributed by atoms with E-state index in [1.165, 1.54) is 12.3 Å². The fourth-order valence-corrected chi connectivity index (χ4v) is 3.25. The third-order valence-corrected chi connectivity index (χ3v) is 4.82. The number of rotatable bonds is 4. The van der Waals surface area contributed by atoms with Gasteiger partial charge in [-0.15, -0.1) is 0 Å². The summed E-state index contributed by atoms with van der Waals surface area (Å²) >= 11 is 0. The molecular formula is C14H13NO4S. The molecule has 1 fully saturated rings. The molecule has 1 heterocycles. The summed E-state index contributed by atoms with van der Waals surface area (Å²) in [7, 11) is -3.38. The Morgan fingerprint density at radius 2 is 2.00 bits per heavy atom. The summed E-state index contributed by atoms with van der Waals surface area (Å²) < 4.78 is 28.7. The van der Waals surface area contributed by atoms with Crippen LogP contribution in [0, 0.1) is 0 Å². The van der Waals surface area contributed by atoms with E-state index in [2.05, 4.69) is 5.16 Å². The van der Waals surface area contributed by atoms with Gasteiger partial charge in [0.2, 0.25) is 0 Å². The van der Waals surface area contributed by atoms with E-state index in [4.69, 9.17) is 4.52 Å². The molecule has 0 bridgehead atoms. The van der Waals surface area contributed by atoms with Crippen LogP contribution in [0.5, 0.6) is 0 Å². The van der Waals surface area contributed by atoms with Crippen molar-refractivity contribution in [1.82, 2.24) is 5.16 Å². The molecule has 1 saturated carbocycles. The minimum Gasteiger partial charge on any atom is -0.364 e. The third-order valence-electron chi connectivity index (χ3n) is 3.66. The van der Waals surface area contributed by atoms with Gasteiger partial charge in [0.1, 0.15) is 18.2 Å². The second kappa shape index (κ2) is 4.28. The van der Waals surface area contributed by atoms with Crippen molar-refractivity contribution >= 4 is 16.1 Å². The topological polar surface area (TPSA) is 77.2 Å². The smallest absolute Gasteiger partial charge is 0.176 e. The van der Waals surface area contributed by atoms with Gasteiger partial charge < -0.3 is 9.32 Å². The summed E-state index contributed by atoms with van der Waals surface area (Å²) in [4.78, 5) is 11.5. The largest absolute Gasteiger partial charge is 0.364 e. The molecule has 0 N–H and O–H groups in total. The van der Waals surface area contributed by atoms with E-state index in [9.17, 15) is 13.2 Å². The number of hydrogen-bond donors (Lipinski definition) is 0. The van der Waals surface area contributed by atoms with Crippen molar-refractivity contribution in [3.05, 3.63) is 36.1 Å². The zero-order valence-corrected chi connectivity index (χ0v) is 11.7. The Bertz CT molecular complexity index is 772. The van der Waals surface area contributed by atoms with E-state index in [0.29, 0.717) is 16.8 Å². The number of carbonyl (C=O) groups excluding carboxylic acids is 1. The molecule has 5 nitrogen and oxygen atoms in total. The van der Waals surface area contributed by atoms with Crippen molar-refractivity contribution < 1.29 is 17.7 Å². The predicted octanol–water partition coefficient (Wildman–Crippen LogP) is 1.98. The summed E-state index contributed by atoms with van der Waals surface area (Å²) in [5.41, 5.74) is 1.03. The van der Waals surface area contributed by atoms with Crippen LogP contribution < -0.4 is 0 Å². The van der Waals surface area contributed by atoms with Gasteiger partial charge in [-0.1, -0.05) is 23.4 Å². The van der Waals surface area contributed by atoms with Crippen LogP contribution in [-0.2, 0) is 20.0 Å². The number of benzene rings is 1. The average Bonchev–Trinajstić information content (AvgIpc) is 3.07. The zero-order valence-electron chi connectivity index (χ0n) is 10.9. The summed E-state index contributed by atoms with van der Waals surface area (Å²) in [5.74, 6) is 0. The molecular weight excluding hydrogens is 278 g/mol. The zero-order chi connectivity index (χ0) is 14.4. The minimum absolute atomic E-state index is 0.192. The lowest BCUT2D eigenvalue weighted by atomic mass is 9.95. The van der Waals surface area contributed by atoms with Crippen molar-refractivity contribution in [2.45, 2.75) is 23.2 Å². The molecule has 104 valence electrons. The molecule has 1 aliphatic carbocycles. The Kier molecular flexibility index (Phi) is 2.79. The molecule has 0 amide bonds. The molecule has 0 spiro atoms. The van der Waals surface area contributed by atoms with Crippen LogP contribution in [0.1, 0.15) is 18.4 Å². The molecule has 0 atom stereocenters. The summed E-state index contributed by atoms with van der Waals surface area (Å²) in [6, 6.07) is 6.61. The quantitative estimate of drug-likeness (QED) is 0.805. The van der Waals surface area contributed by atoms with Gasteiger partial charge in [-0.25, -0.2) is 8.42 Å². The highest BCUT2D eigenvalue weighted by Crippen LogP contribution is 2.49. The van der Waals surface area contributed by atoms with Crippen molar-refractivity contribution in [2.75, 3.05) is 6.26 Å². The molecule has 0 saturated heterocycles. The van der Waals surface area contributed by atoms with Gasteiger partial charge in [0.25, 0.3) is 0 Å². The lowest BCUT2D eigenvalue weighted by Gasteiger charge is -2.09. The van der Waals surface area contributed by atoms with Crippen LogP contribution in [0.15, 0.2) is 39.9 Å². The number of aromatic nitrogens is 1. The van der Waals surface area contributed by atoms with Crippen LogP contribution >= 0.6 is 0 Å². The maximum atomic E-state index is 11.9. The van der Waals surface area contributed by atoms with Crippen LogP contribution in [0.4, 0.5) is 0 Å². The second-order valence-electron chi connectivity index (χ2n) is 5.12. The normalized spacial score (nSPS) is 16.9. The van der Waals surface area contributed by atoms with Gasteiger partial charge in [0.15, 0.2) is 9.84 Å². The molecule has 1 aliphatic rings. The van der Waals surface area contributed by atoms with Crippen LogP contribution in [-0.4, -0.2) is 26.1 Å². The summed E-state index contributed by atoms with van der Waals surface area (Å²) in [6.45, 7) is 0. The highest BCUT2D eigenvalue weighted by molar-refractivity contribution is 7.90. The monoisotopic (exact) mass is 291 g/mol. The fourth-order valence-electron chi connectivity index (χ4n) is 2.36. The van der Waals surface area contributed by atoms with E-state index in [1.807, 2.05) is 0 Å². The predicted molar refractivity (Wildman–Crippen MR) is 72.0 cm³/mol. The van der Waals surface area contributed by atoms with Crippen LogP contribution in [0.25, 0.3) is 11.3 Å². The SMILES string of the molecule is CS(=O)(=O)c1ccccc1-c1nocc1C1(C=O)CC1. The average molecular weight is 291 g/mol. The van der Waals surface area contributed by atoms with E-state index in [0.717, 1.165) is 25.4 Å². The maximum Gasteiger partial charge on any atom is 0.176 e. The number of sulfone groups is 1. The third kappa shape index (κ3) is 1.96. The lowest BCUT2D eigenvalue weighted by molar-refractivity contribution is -0.109. The van der Waals surface area contributed by atoms with E-state index >= 15 is 0 Å². The van der Waals surface area contributed by atoms with Crippen molar-refractivity contribution in [1.29, 1.82) is 0 Å². The Balaban J connectivity index is 2.22. The Hall–Kier alpha value is -1.95. The summed E-state index contributed by atoms with van der Waals surface area (Å²) in [6.07, 6.45) is 4.97. The molecule has 1 aromatic heterocycles. The highest BCUT2D eigenvalue weighted by atomic mass is 32.2. The molecule has 20 heavy (non-hydrogen) atoms. The Morgan fingerprint density at radius 3 is 2.60 bits per heavy atom. The first-order valence-electron chi connectivity index (χ1n) is 6.19. The standard InChI is InChI=1S/C14H13NO4S/c1-20(17,18)12-5-3-2-4-10(12)13-11(8-19-15-13)14(9-16)6-7-14/h2-5,8-9H,6-7H2,1H3. The molecule has 2 aromatic rings. The van der Waals surface area contributed by atoms with E-state index in [-0.39, 0.29) is 4.90 Å². The first-order chi connectivity index (χ1) is 9.48. The minimum atomic E-state index is -3.38. The molecule has 3 rings (SSSR count). The highest BCUT2D eigenvalue weighted by Gasteiger charge is 2.47. The van der Waals surface area contributed by atoms with Crippen molar-refractivity contribution in [2.24, 2.45) is 0 Å². The molecule has 0 aliphatic heterocycles. The molecule has 6 heteroatoms. The van der Waals surface area contributed by atoms with E-state index in [1.54, 1.807) is 18.2 Å². The molecule has 1 aromatic carbocycles. The molecule has 0 radical (unpaired) electrons. The Labute approximate surface area is 116 Å². The van der Waals surface area contributed by atoms with E-state index < -0.39 is 15.3 Å². The first-order valence-corrected chi connectivity index (χ1v) is 8.08. The van der Waals surface area contributed by atoms with Crippen LogP contribution in [0.2, 0.25) is 0 Å². The van der Waals surface area contributed by atoms with Gasteiger partial charge in [0.05, 0.1) is 10.3 Å². The maximum absolute atomic E-state index is 11.9. The first kappa shape index (κ1) is 13.1. The lowest BCUT2D eigenvalue weighted by Crippen LogP contribution is -2.09. The fraction of sp³-hybridized carbons (Fsp3) is 0.286. The molecule has 0 unspecified atom stereocenters.